The Kier molecular flexibility index (Phi) is 5.05. The van der Waals surface area contributed by atoms with Crippen LogP contribution in [-0.4, -0.2) is 11.7 Å². The number of nitrogens with two attached hydrogens (primary N) is 1. The van der Waals surface area contributed by atoms with Crippen LogP contribution >= 0.6 is 15.9 Å². The van der Waals surface area contributed by atoms with E-state index in [0.717, 1.165) is 10.0 Å². The molecule has 0 aliphatic heterocycles. The molecule has 0 radical (unpaired) electrons. The molecule has 0 aliphatic rings. The van der Waals surface area contributed by atoms with Gasteiger partial charge in [-0.1, -0.05) is 52.3 Å². The summed E-state index contributed by atoms with van der Waals surface area (Å²) in [6, 6.07) is 14.0. The van der Waals surface area contributed by atoms with E-state index in [1.807, 2.05) is 24.3 Å². The second-order valence-corrected chi connectivity index (χ2v) is 5.19. The average Bonchev–Trinajstić information content (AvgIpc) is 2.46. The van der Waals surface area contributed by atoms with E-state index in [1.165, 1.54) is 6.07 Å². The Morgan fingerprint density at radius 2 is 1.86 bits per heavy atom. The average molecular weight is 349 g/mol. The lowest BCUT2D eigenvalue weighted by molar-refractivity contribution is 0.616. The Morgan fingerprint density at radius 3 is 2.52 bits per heavy atom. The van der Waals surface area contributed by atoms with Gasteiger partial charge in [0.1, 0.15) is 5.82 Å². The first kappa shape index (κ1) is 15.2. The summed E-state index contributed by atoms with van der Waals surface area (Å²) >= 11 is 3.45. The molecule has 21 heavy (non-hydrogen) atoms. The van der Waals surface area contributed by atoms with E-state index in [4.69, 9.17) is 11.1 Å². The van der Waals surface area contributed by atoms with Gasteiger partial charge >= 0.3 is 0 Å². The van der Waals surface area contributed by atoms with Gasteiger partial charge in [-0.3, -0.25) is 5.41 Å². The van der Waals surface area contributed by atoms with Crippen LogP contribution in [0.25, 0.3) is 0 Å². The van der Waals surface area contributed by atoms with Crippen LogP contribution in [-0.2, 0) is 6.42 Å². The van der Waals surface area contributed by atoms with E-state index in [0.29, 0.717) is 11.3 Å². The summed E-state index contributed by atoms with van der Waals surface area (Å²) in [4.78, 5) is 0. The third-order valence-electron chi connectivity index (χ3n) is 2.81. The minimum atomic E-state index is -0.292. The first-order chi connectivity index (χ1) is 10.1. The lowest BCUT2D eigenvalue weighted by atomic mass is 10.0. The summed E-state index contributed by atoms with van der Waals surface area (Å²) in [5.41, 5.74) is 9.60. The minimum Gasteiger partial charge on any atom is -0.369 e. The van der Waals surface area contributed by atoms with Gasteiger partial charge in [0, 0.05) is 16.5 Å². The summed E-state index contributed by atoms with van der Waals surface area (Å²) < 4.78 is 14.6. The van der Waals surface area contributed by atoms with Crippen molar-refractivity contribution >= 4 is 27.6 Å². The summed E-state index contributed by atoms with van der Waals surface area (Å²) in [5.74, 6) is -0.562. The van der Waals surface area contributed by atoms with Crippen molar-refractivity contribution in [1.29, 1.82) is 5.41 Å². The fourth-order valence-corrected chi connectivity index (χ4v) is 2.35. The number of hydrazone groups is 1. The third-order valence-corrected chi connectivity index (χ3v) is 3.50. The van der Waals surface area contributed by atoms with Crippen LogP contribution in [0.5, 0.6) is 0 Å². The molecule has 108 valence electrons. The van der Waals surface area contributed by atoms with Crippen LogP contribution in [0.3, 0.4) is 0 Å². The van der Waals surface area contributed by atoms with Gasteiger partial charge in [-0.05, 0) is 17.7 Å². The molecule has 2 aromatic rings. The molecule has 0 aromatic heterocycles. The number of halogens is 2. The summed E-state index contributed by atoms with van der Waals surface area (Å²) in [7, 11) is 0. The molecule has 2 rings (SSSR count). The van der Waals surface area contributed by atoms with Crippen molar-refractivity contribution in [3.63, 3.8) is 0 Å². The zero-order valence-corrected chi connectivity index (χ0v) is 12.7. The van der Waals surface area contributed by atoms with E-state index in [9.17, 15) is 4.39 Å². The molecule has 0 unspecified atom stereocenters. The number of guanidine groups is 1. The number of hydrogen-bond donors (Lipinski definition) is 3. The maximum atomic E-state index is 13.8. The van der Waals surface area contributed by atoms with Crippen LogP contribution < -0.4 is 11.2 Å². The SMILES string of the molecule is N=C(N)N/N=C(/Cc1ccccc1F)c1ccccc1Br. The highest BCUT2D eigenvalue weighted by Crippen LogP contribution is 2.19. The monoisotopic (exact) mass is 348 g/mol. The highest BCUT2D eigenvalue weighted by Gasteiger charge is 2.11. The molecule has 0 amide bonds. The predicted octanol–water partition coefficient (Wildman–Crippen LogP) is 3.02. The minimum absolute atomic E-state index is 0.270. The van der Waals surface area contributed by atoms with Gasteiger partial charge in [0.15, 0.2) is 0 Å². The van der Waals surface area contributed by atoms with Crippen LogP contribution in [0.1, 0.15) is 11.1 Å². The van der Waals surface area contributed by atoms with Crippen molar-refractivity contribution < 1.29 is 4.39 Å². The Bertz CT molecular complexity index is 685. The summed E-state index contributed by atoms with van der Waals surface area (Å²) in [6.45, 7) is 0. The Labute approximate surface area is 130 Å². The van der Waals surface area contributed by atoms with Gasteiger partial charge < -0.3 is 5.73 Å². The van der Waals surface area contributed by atoms with Gasteiger partial charge in [0.25, 0.3) is 0 Å². The number of hydrogen-bond acceptors (Lipinski definition) is 2. The fraction of sp³-hybridized carbons (Fsp3) is 0.0667. The molecular weight excluding hydrogens is 335 g/mol. The van der Waals surface area contributed by atoms with Gasteiger partial charge in [0.05, 0.1) is 5.71 Å². The molecule has 0 fully saturated rings. The topological polar surface area (TPSA) is 74.3 Å². The van der Waals surface area contributed by atoms with E-state index in [2.05, 4.69) is 26.5 Å². The molecule has 0 atom stereocenters. The van der Waals surface area contributed by atoms with Crippen molar-refractivity contribution in [2.45, 2.75) is 6.42 Å². The number of nitrogens with one attached hydrogen (secondary N) is 2. The number of nitrogens with zero attached hydrogens (tertiary/aromatic N) is 1. The molecule has 0 saturated heterocycles. The van der Waals surface area contributed by atoms with Gasteiger partial charge in [-0.15, -0.1) is 0 Å². The normalized spacial score (nSPS) is 11.2. The Balaban J connectivity index is 2.38. The van der Waals surface area contributed by atoms with E-state index < -0.39 is 0 Å². The van der Waals surface area contributed by atoms with Gasteiger partial charge in [-0.2, -0.15) is 5.10 Å². The van der Waals surface area contributed by atoms with Crippen molar-refractivity contribution in [1.82, 2.24) is 5.43 Å². The zero-order valence-electron chi connectivity index (χ0n) is 11.1. The highest BCUT2D eigenvalue weighted by molar-refractivity contribution is 9.10. The quantitative estimate of drug-likeness (QED) is 0.451. The smallest absolute Gasteiger partial charge is 0.206 e. The summed E-state index contributed by atoms with van der Waals surface area (Å²) in [5, 5.41) is 11.3. The standard InChI is InChI=1S/C15H14BrFN4/c16-12-7-3-2-6-11(12)14(20-21-15(18)19)9-10-5-1-4-8-13(10)17/h1-8H,9H2,(H4,18,19,21)/b20-14-. The molecule has 4 N–H and O–H groups in total. The molecule has 0 aliphatic carbocycles. The zero-order chi connectivity index (χ0) is 15.2. The maximum absolute atomic E-state index is 13.8. The fourth-order valence-electron chi connectivity index (χ4n) is 1.84. The molecule has 2 aromatic carbocycles. The first-order valence-corrected chi connectivity index (χ1v) is 7.02. The Hall–Kier alpha value is -2.21. The molecule has 0 bridgehead atoms. The predicted molar refractivity (Wildman–Crippen MR) is 85.8 cm³/mol. The van der Waals surface area contributed by atoms with Crippen LogP contribution in [0.15, 0.2) is 58.1 Å². The maximum Gasteiger partial charge on any atom is 0.206 e. The van der Waals surface area contributed by atoms with Crippen LogP contribution in [0.4, 0.5) is 4.39 Å². The van der Waals surface area contributed by atoms with Crippen LogP contribution in [0.2, 0.25) is 0 Å². The molecule has 4 nitrogen and oxygen atoms in total. The first-order valence-electron chi connectivity index (χ1n) is 6.23. The molecule has 0 heterocycles. The molecular formula is C15H14BrFN4. The third kappa shape index (κ3) is 4.13. The highest BCUT2D eigenvalue weighted by atomic mass is 79.9. The van der Waals surface area contributed by atoms with Gasteiger partial charge in [0.2, 0.25) is 5.96 Å². The number of rotatable bonds is 4. The lowest BCUT2D eigenvalue weighted by Gasteiger charge is -2.10. The molecule has 6 heteroatoms. The van der Waals surface area contributed by atoms with E-state index in [1.54, 1.807) is 18.2 Å². The number of benzene rings is 2. The van der Waals surface area contributed by atoms with E-state index in [-0.39, 0.29) is 18.2 Å². The van der Waals surface area contributed by atoms with Gasteiger partial charge in [-0.25, -0.2) is 9.82 Å². The lowest BCUT2D eigenvalue weighted by Crippen LogP contribution is -2.27. The summed E-state index contributed by atoms with van der Waals surface area (Å²) in [6.07, 6.45) is 0.287. The van der Waals surface area contributed by atoms with Crippen LogP contribution in [0, 0.1) is 11.2 Å². The Morgan fingerprint density at radius 1 is 1.19 bits per heavy atom. The van der Waals surface area contributed by atoms with Crippen molar-refractivity contribution in [3.05, 3.63) is 69.9 Å². The van der Waals surface area contributed by atoms with E-state index >= 15 is 0 Å². The second-order valence-electron chi connectivity index (χ2n) is 4.33. The second kappa shape index (κ2) is 6.99. The van der Waals surface area contributed by atoms with Crippen molar-refractivity contribution in [2.24, 2.45) is 10.8 Å². The molecule has 0 spiro atoms. The van der Waals surface area contributed by atoms with Crippen molar-refractivity contribution in [2.75, 3.05) is 0 Å². The van der Waals surface area contributed by atoms with Crippen molar-refractivity contribution in [3.8, 4) is 0 Å². The molecule has 0 saturated carbocycles. The largest absolute Gasteiger partial charge is 0.369 e.